The zero-order valence-electron chi connectivity index (χ0n) is 15.1. The molecule has 3 heterocycles. The predicted octanol–water partition coefficient (Wildman–Crippen LogP) is 4.94. The fourth-order valence-electron chi connectivity index (χ4n) is 3.27. The Kier molecular flexibility index (Phi) is 5.28. The van der Waals surface area contributed by atoms with Crippen LogP contribution in [0.5, 0.6) is 5.75 Å². The van der Waals surface area contributed by atoms with E-state index in [0.717, 1.165) is 34.3 Å². The van der Waals surface area contributed by atoms with Crippen LogP contribution in [0.1, 0.15) is 22.4 Å². The van der Waals surface area contributed by atoms with Crippen LogP contribution in [-0.4, -0.2) is 21.6 Å². The smallest absolute Gasteiger partial charge is 0.387 e. The summed E-state index contributed by atoms with van der Waals surface area (Å²) in [5, 5.41) is 1.11. The topological polar surface area (TPSA) is 50.8 Å². The summed E-state index contributed by atoms with van der Waals surface area (Å²) in [6.45, 7) is -2.82. The lowest BCUT2D eigenvalue weighted by Gasteiger charge is -2.10. The van der Waals surface area contributed by atoms with Crippen molar-refractivity contribution in [2.75, 3.05) is 0 Å². The number of aromatic amines is 1. The highest BCUT2D eigenvalue weighted by Gasteiger charge is 2.10. The molecular weight excluding hydrogens is 360 g/mol. The molecule has 4 nitrogen and oxygen atoms in total. The first-order chi connectivity index (χ1) is 13.7. The number of pyridine rings is 2. The number of rotatable bonds is 7. The maximum atomic E-state index is 12.5. The lowest BCUT2D eigenvalue weighted by Crippen LogP contribution is -2.05. The number of H-pyrrole nitrogens is 1. The fourth-order valence-corrected chi connectivity index (χ4v) is 3.27. The van der Waals surface area contributed by atoms with Gasteiger partial charge in [0, 0.05) is 36.1 Å². The van der Waals surface area contributed by atoms with Gasteiger partial charge in [-0.3, -0.25) is 4.98 Å². The monoisotopic (exact) mass is 379 g/mol. The van der Waals surface area contributed by atoms with Crippen molar-refractivity contribution in [3.05, 3.63) is 89.5 Å². The van der Waals surface area contributed by atoms with E-state index >= 15 is 0 Å². The van der Waals surface area contributed by atoms with E-state index in [1.807, 2.05) is 30.6 Å². The summed E-state index contributed by atoms with van der Waals surface area (Å²) in [5.41, 5.74) is 4.83. The summed E-state index contributed by atoms with van der Waals surface area (Å²) >= 11 is 0. The quantitative estimate of drug-likeness (QED) is 0.495. The first-order valence-electron chi connectivity index (χ1n) is 9.06. The minimum absolute atomic E-state index is 0.224. The molecule has 28 heavy (non-hydrogen) atoms. The van der Waals surface area contributed by atoms with Gasteiger partial charge < -0.3 is 9.72 Å². The molecule has 0 unspecified atom stereocenters. The third-order valence-electron chi connectivity index (χ3n) is 4.66. The van der Waals surface area contributed by atoms with E-state index in [9.17, 15) is 8.78 Å². The molecule has 142 valence electrons. The van der Waals surface area contributed by atoms with Gasteiger partial charge >= 0.3 is 6.61 Å². The Hall–Kier alpha value is -3.28. The molecule has 0 radical (unpaired) electrons. The fraction of sp³-hybridized carbons (Fsp3) is 0.182. The van der Waals surface area contributed by atoms with E-state index in [-0.39, 0.29) is 5.75 Å². The van der Waals surface area contributed by atoms with Gasteiger partial charge in [0.05, 0.1) is 0 Å². The van der Waals surface area contributed by atoms with Crippen molar-refractivity contribution in [3.8, 4) is 5.75 Å². The van der Waals surface area contributed by atoms with E-state index in [1.54, 1.807) is 24.4 Å². The van der Waals surface area contributed by atoms with Gasteiger partial charge in [-0.1, -0.05) is 24.3 Å². The normalized spacial score (nSPS) is 11.2. The van der Waals surface area contributed by atoms with Crippen LogP contribution in [0.25, 0.3) is 11.0 Å². The first kappa shape index (κ1) is 18.1. The Morgan fingerprint density at radius 2 is 1.82 bits per heavy atom. The SMILES string of the molecule is FC(F)Oc1ccccc1CCc1ccc(Cc2c[nH]c3ncccc23)cn1. The summed E-state index contributed by atoms with van der Waals surface area (Å²) < 4.78 is 29.6. The number of aromatic nitrogens is 3. The number of fused-ring (bicyclic) bond motifs is 1. The Balaban J connectivity index is 1.41. The van der Waals surface area contributed by atoms with Crippen LogP contribution in [0, 0.1) is 0 Å². The minimum atomic E-state index is -2.82. The maximum absolute atomic E-state index is 12.5. The molecule has 1 N–H and O–H groups in total. The molecule has 6 heteroatoms. The van der Waals surface area contributed by atoms with E-state index in [1.165, 1.54) is 5.56 Å². The van der Waals surface area contributed by atoms with Crippen LogP contribution in [0.2, 0.25) is 0 Å². The van der Waals surface area contributed by atoms with E-state index in [2.05, 4.69) is 31.8 Å². The Labute approximate surface area is 161 Å². The van der Waals surface area contributed by atoms with Crippen molar-refractivity contribution < 1.29 is 13.5 Å². The third kappa shape index (κ3) is 4.17. The molecule has 0 fully saturated rings. The molecule has 0 saturated heterocycles. The van der Waals surface area contributed by atoms with Gasteiger partial charge in [-0.25, -0.2) is 4.98 Å². The largest absolute Gasteiger partial charge is 0.435 e. The zero-order valence-corrected chi connectivity index (χ0v) is 15.1. The van der Waals surface area contributed by atoms with Crippen molar-refractivity contribution in [2.45, 2.75) is 25.9 Å². The number of hydrogen-bond donors (Lipinski definition) is 1. The Morgan fingerprint density at radius 1 is 0.929 bits per heavy atom. The average molecular weight is 379 g/mol. The number of halogens is 2. The van der Waals surface area contributed by atoms with Crippen LogP contribution < -0.4 is 4.74 Å². The average Bonchev–Trinajstić information content (AvgIpc) is 3.11. The zero-order chi connectivity index (χ0) is 19.3. The number of alkyl halides is 2. The number of hydrogen-bond acceptors (Lipinski definition) is 3. The summed E-state index contributed by atoms with van der Waals surface area (Å²) in [7, 11) is 0. The molecule has 4 aromatic rings. The van der Waals surface area contributed by atoms with Gasteiger partial charge in [0.25, 0.3) is 0 Å². The molecule has 0 atom stereocenters. The van der Waals surface area contributed by atoms with Gasteiger partial charge in [-0.2, -0.15) is 8.78 Å². The van der Waals surface area contributed by atoms with Crippen LogP contribution in [0.3, 0.4) is 0 Å². The molecule has 0 spiro atoms. The molecule has 3 aromatic heterocycles. The second-order valence-electron chi connectivity index (χ2n) is 6.53. The van der Waals surface area contributed by atoms with Crippen molar-refractivity contribution >= 4 is 11.0 Å². The standard InChI is InChI=1S/C22H19F2N3O/c23-22(24)28-20-6-2-1-4-16(20)8-10-18-9-7-15(13-26-18)12-17-14-27-21-19(17)5-3-11-25-21/h1-7,9,11,13-14,22H,8,10,12H2,(H,25,27). The van der Waals surface area contributed by atoms with E-state index in [0.29, 0.717) is 12.8 Å². The number of aryl methyl sites for hydroxylation is 2. The molecule has 0 aliphatic carbocycles. The van der Waals surface area contributed by atoms with Crippen molar-refractivity contribution in [1.29, 1.82) is 0 Å². The van der Waals surface area contributed by atoms with Gasteiger partial charge in [0.2, 0.25) is 0 Å². The molecule has 0 bridgehead atoms. The molecule has 0 aliphatic rings. The minimum Gasteiger partial charge on any atom is -0.435 e. The number of ether oxygens (including phenoxy) is 1. The molecule has 1 aromatic carbocycles. The second kappa shape index (κ2) is 8.17. The first-order valence-corrected chi connectivity index (χ1v) is 9.06. The van der Waals surface area contributed by atoms with Crippen molar-refractivity contribution in [1.82, 2.24) is 15.0 Å². The molecule has 4 rings (SSSR count). The van der Waals surface area contributed by atoms with E-state index < -0.39 is 6.61 Å². The summed E-state index contributed by atoms with van der Waals surface area (Å²) in [4.78, 5) is 12.0. The van der Waals surface area contributed by atoms with Gasteiger partial charge in [0.15, 0.2) is 0 Å². The molecular formula is C22H19F2N3O. The van der Waals surface area contributed by atoms with Crippen molar-refractivity contribution in [3.63, 3.8) is 0 Å². The Bertz CT molecular complexity index is 1060. The van der Waals surface area contributed by atoms with Crippen LogP contribution in [-0.2, 0) is 19.3 Å². The number of benzene rings is 1. The Morgan fingerprint density at radius 3 is 2.64 bits per heavy atom. The molecule has 0 saturated carbocycles. The summed E-state index contributed by atoms with van der Waals surface area (Å²) in [6, 6.07) is 14.9. The predicted molar refractivity (Wildman–Crippen MR) is 104 cm³/mol. The maximum Gasteiger partial charge on any atom is 0.387 e. The molecule has 0 aliphatic heterocycles. The van der Waals surface area contributed by atoms with Gasteiger partial charge in [-0.15, -0.1) is 0 Å². The summed E-state index contributed by atoms with van der Waals surface area (Å²) in [6.07, 6.45) is 7.62. The van der Waals surface area contributed by atoms with Crippen molar-refractivity contribution in [2.24, 2.45) is 0 Å². The van der Waals surface area contributed by atoms with Crippen LogP contribution >= 0.6 is 0 Å². The number of nitrogens with one attached hydrogen (secondary N) is 1. The number of nitrogens with zero attached hydrogens (tertiary/aromatic N) is 2. The highest BCUT2D eigenvalue weighted by molar-refractivity contribution is 5.79. The van der Waals surface area contributed by atoms with Gasteiger partial charge in [-0.05, 0) is 53.8 Å². The van der Waals surface area contributed by atoms with Crippen LogP contribution in [0.15, 0.2) is 67.1 Å². The lowest BCUT2D eigenvalue weighted by molar-refractivity contribution is -0.0504. The van der Waals surface area contributed by atoms with Crippen LogP contribution in [0.4, 0.5) is 8.78 Å². The highest BCUT2D eigenvalue weighted by Crippen LogP contribution is 2.22. The summed E-state index contributed by atoms with van der Waals surface area (Å²) in [5.74, 6) is 0.224. The molecule has 0 amide bonds. The number of para-hydroxylation sites is 1. The lowest BCUT2D eigenvalue weighted by atomic mass is 10.0. The highest BCUT2D eigenvalue weighted by atomic mass is 19.3. The third-order valence-corrected chi connectivity index (χ3v) is 4.66. The second-order valence-corrected chi connectivity index (χ2v) is 6.53. The van der Waals surface area contributed by atoms with E-state index in [4.69, 9.17) is 0 Å². The van der Waals surface area contributed by atoms with Gasteiger partial charge in [0.1, 0.15) is 11.4 Å².